The molecule has 1 aromatic rings. The zero-order chi connectivity index (χ0) is 11.5. The quantitative estimate of drug-likeness (QED) is 0.785. The van der Waals surface area contributed by atoms with Crippen molar-refractivity contribution in [1.29, 1.82) is 0 Å². The van der Waals surface area contributed by atoms with Crippen LogP contribution < -0.4 is 10.6 Å². The minimum absolute atomic E-state index is 0.133. The molecule has 2 N–H and O–H groups in total. The number of benzene rings is 1. The van der Waals surface area contributed by atoms with Gasteiger partial charge in [-0.1, -0.05) is 12.1 Å². The SMILES string of the molecule is O=C1CCC(C(=O)Nc2ccccc2F)N1. The van der Waals surface area contributed by atoms with E-state index in [9.17, 15) is 14.0 Å². The number of carbonyl (C=O) groups is 2. The van der Waals surface area contributed by atoms with Crippen molar-refractivity contribution >= 4 is 17.5 Å². The fourth-order valence-corrected chi connectivity index (χ4v) is 1.59. The summed E-state index contributed by atoms with van der Waals surface area (Å²) in [5.74, 6) is -1.01. The maximum absolute atomic E-state index is 13.2. The molecule has 1 saturated heterocycles. The Balaban J connectivity index is 2.03. The van der Waals surface area contributed by atoms with Crippen LogP contribution >= 0.6 is 0 Å². The molecule has 16 heavy (non-hydrogen) atoms. The van der Waals surface area contributed by atoms with E-state index in [0.29, 0.717) is 12.8 Å². The standard InChI is InChI=1S/C11H11FN2O2/c12-7-3-1-2-4-8(7)14-11(16)9-5-6-10(15)13-9/h1-4,9H,5-6H2,(H,13,15)(H,14,16). The third kappa shape index (κ3) is 2.18. The second-order valence-electron chi connectivity index (χ2n) is 3.63. The summed E-state index contributed by atoms with van der Waals surface area (Å²) < 4.78 is 13.2. The van der Waals surface area contributed by atoms with Crippen LogP contribution in [-0.4, -0.2) is 17.9 Å². The molecule has 1 aliphatic heterocycles. The fraction of sp³-hybridized carbons (Fsp3) is 0.273. The van der Waals surface area contributed by atoms with Gasteiger partial charge in [0, 0.05) is 6.42 Å². The molecule has 2 rings (SSSR count). The van der Waals surface area contributed by atoms with Crippen molar-refractivity contribution in [3.63, 3.8) is 0 Å². The van der Waals surface area contributed by atoms with Crippen molar-refractivity contribution in [2.45, 2.75) is 18.9 Å². The Hall–Kier alpha value is -1.91. The minimum atomic E-state index is -0.549. The highest BCUT2D eigenvalue weighted by Crippen LogP contribution is 2.14. The third-order valence-electron chi connectivity index (χ3n) is 2.44. The molecule has 0 bridgehead atoms. The van der Waals surface area contributed by atoms with Gasteiger partial charge in [0.05, 0.1) is 5.69 Å². The molecule has 5 heteroatoms. The Kier molecular flexibility index (Phi) is 2.85. The Morgan fingerprint density at radius 3 is 2.81 bits per heavy atom. The molecule has 0 saturated carbocycles. The second kappa shape index (κ2) is 4.30. The van der Waals surface area contributed by atoms with Gasteiger partial charge in [0.1, 0.15) is 11.9 Å². The highest BCUT2D eigenvalue weighted by Gasteiger charge is 2.27. The lowest BCUT2D eigenvalue weighted by Gasteiger charge is -2.11. The van der Waals surface area contributed by atoms with Gasteiger partial charge >= 0.3 is 0 Å². The normalized spacial score (nSPS) is 19.3. The van der Waals surface area contributed by atoms with Gasteiger partial charge in [-0.25, -0.2) is 4.39 Å². The Labute approximate surface area is 91.8 Å². The van der Waals surface area contributed by atoms with Crippen molar-refractivity contribution in [1.82, 2.24) is 5.32 Å². The van der Waals surface area contributed by atoms with Crippen LogP contribution in [0, 0.1) is 5.82 Å². The number of nitrogens with one attached hydrogen (secondary N) is 2. The molecule has 0 aliphatic carbocycles. The van der Waals surface area contributed by atoms with Crippen LogP contribution in [0.2, 0.25) is 0 Å². The van der Waals surface area contributed by atoms with E-state index in [-0.39, 0.29) is 17.5 Å². The van der Waals surface area contributed by atoms with Crippen molar-refractivity contribution < 1.29 is 14.0 Å². The molecule has 1 unspecified atom stereocenters. The molecule has 2 amide bonds. The number of hydrogen-bond donors (Lipinski definition) is 2. The Bertz CT molecular complexity index is 434. The summed E-state index contributed by atoms with van der Waals surface area (Å²) in [6, 6.07) is 5.37. The number of hydrogen-bond acceptors (Lipinski definition) is 2. The molecule has 0 aromatic heterocycles. The average Bonchev–Trinajstić information content (AvgIpc) is 2.68. The van der Waals surface area contributed by atoms with Gasteiger partial charge in [-0.3, -0.25) is 9.59 Å². The number of halogens is 1. The van der Waals surface area contributed by atoms with E-state index < -0.39 is 11.9 Å². The highest BCUT2D eigenvalue weighted by atomic mass is 19.1. The maximum Gasteiger partial charge on any atom is 0.247 e. The van der Waals surface area contributed by atoms with E-state index in [1.807, 2.05) is 0 Å². The molecule has 0 radical (unpaired) electrons. The molecular weight excluding hydrogens is 211 g/mol. The summed E-state index contributed by atoms with van der Waals surface area (Å²) in [7, 11) is 0. The van der Waals surface area contributed by atoms with Crippen molar-refractivity contribution in [2.24, 2.45) is 0 Å². The lowest BCUT2D eigenvalue weighted by molar-refractivity contribution is -0.122. The number of rotatable bonds is 2. The smallest absolute Gasteiger partial charge is 0.247 e. The summed E-state index contributed by atoms with van der Waals surface area (Å²) >= 11 is 0. The Morgan fingerprint density at radius 1 is 1.44 bits per heavy atom. The van der Waals surface area contributed by atoms with E-state index in [4.69, 9.17) is 0 Å². The fourth-order valence-electron chi connectivity index (χ4n) is 1.59. The van der Waals surface area contributed by atoms with Gasteiger partial charge in [-0.05, 0) is 18.6 Å². The van der Waals surface area contributed by atoms with E-state index in [1.165, 1.54) is 12.1 Å². The van der Waals surface area contributed by atoms with Crippen molar-refractivity contribution in [3.05, 3.63) is 30.1 Å². The van der Waals surface area contributed by atoms with E-state index in [0.717, 1.165) is 0 Å². The first-order chi connectivity index (χ1) is 7.66. The van der Waals surface area contributed by atoms with Crippen LogP contribution in [0.4, 0.5) is 10.1 Å². The number of anilines is 1. The maximum atomic E-state index is 13.2. The van der Waals surface area contributed by atoms with Gasteiger partial charge in [-0.15, -0.1) is 0 Å². The van der Waals surface area contributed by atoms with Gasteiger partial charge in [-0.2, -0.15) is 0 Å². The lowest BCUT2D eigenvalue weighted by Crippen LogP contribution is -2.37. The predicted molar refractivity (Wildman–Crippen MR) is 56.2 cm³/mol. The second-order valence-corrected chi connectivity index (χ2v) is 3.63. The molecule has 1 aromatic carbocycles. The molecule has 1 aliphatic rings. The van der Waals surface area contributed by atoms with Gasteiger partial charge in [0.15, 0.2) is 0 Å². The van der Waals surface area contributed by atoms with Gasteiger partial charge in [0.25, 0.3) is 0 Å². The predicted octanol–water partition coefficient (Wildman–Crippen LogP) is 1.04. The zero-order valence-electron chi connectivity index (χ0n) is 8.50. The van der Waals surface area contributed by atoms with Crippen LogP contribution in [0.15, 0.2) is 24.3 Å². The lowest BCUT2D eigenvalue weighted by atomic mass is 10.2. The van der Waals surface area contributed by atoms with E-state index >= 15 is 0 Å². The molecule has 1 atom stereocenters. The molecular formula is C11H11FN2O2. The van der Waals surface area contributed by atoms with Crippen molar-refractivity contribution in [2.75, 3.05) is 5.32 Å². The summed E-state index contributed by atoms with van der Waals surface area (Å²) in [5.41, 5.74) is 0.133. The van der Waals surface area contributed by atoms with Crippen LogP contribution in [0.3, 0.4) is 0 Å². The minimum Gasteiger partial charge on any atom is -0.344 e. The van der Waals surface area contributed by atoms with Crippen molar-refractivity contribution in [3.8, 4) is 0 Å². The highest BCUT2D eigenvalue weighted by molar-refractivity contribution is 5.99. The summed E-state index contributed by atoms with van der Waals surface area (Å²) in [4.78, 5) is 22.5. The molecule has 1 fully saturated rings. The topological polar surface area (TPSA) is 58.2 Å². The van der Waals surface area contributed by atoms with Crippen LogP contribution in [-0.2, 0) is 9.59 Å². The van der Waals surface area contributed by atoms with E-state index in [1.54, 1.807) is 12.1 Å². The molecule has 1 heterocycles. The summed E-state index contributed by atoms with van der Waals surface area (Å²) in [5, 5.41) is 4.96. The average molecular weight is 222 g/mol. The number of para-hydroxylation sites is 1. The van der Waals surface area contributed by atoms with E-state index in [2.05, 4.69) is 10.6 Å². The van der Waals surface area contributed by atoms with Gasteiger partial charge < -0.3 is 10.6 Å². The summed E-state index contributed by atoms with van der Waals surface area (Å²) in [6.45, 7) is 0. The monoisotopic (exact) mass is 222 g/mol. The molecule has 0 spiro atoms. The first-order valence-electron chi connectivity index (χ1n) is 5.01. The first-order valence-corrected chi connectivity index (χ1v) is 5.01. The largest absolute Gasteiger partial charge is 0.344 e. The van der Waals surface area contributed by atoms with Crippen LogP contribution in [0.5, 0.6) is 0 Å². The van der Waals surface area contributed by atoms with Crippen LogP contribution in [0.1, 0.15) is 12.8 Å². The summed E-state index contributed by atoms with van der Waals surface area (Å²) in [6.07, 6.45) is 0.800. The number of carbonyl (C=O) groups excluding carboxylic acids is 2. The number of amides is 2. The van der Waals surface area contributed by atoms with Crippen LogP contribution in [0.25, 0.3) is 0 Å². The molecule has 84 valence electrons. The first kappa shape index (κ1) is 10.6. The molecule has 4 nitrogen and oxygen atoms in total. The zero-order valence-corrected chi connectivity index (χ0v) is 8.50. The van der Waals surface area contributed by atoms with Gasteiger partial charge in [0.2, 0.25) is 11.8 Å². The third-order valence-corrected chi connectivity index (χ3v) is 2.44. The Morgan fingerprint density at radius 2 is 2.19 bits per heavy atom.